The van der Waals surface area contributed by atoms with Crippen molar-refractivity contribution in [3.63, 3.8) is 0 Å². The molecule has 0 aliphatic carbocycles. The molecule has 0 amide bonds. The molecule has 1 N–H and O–H groups in total. The third kappa shape index (κ3) is 5.24. The fourth-order valence-electron chi connectivity index (χ4n) is 2.00. The number of hydrogen-bond acceptors (Lipinski definition) is 2. The van der Waals surface area contributed by atoms with Crippen LogP contribution in [0.2, 0.25) is 0 Å². The Morgan fingerprint density at radius 3 is 2.29 bits per heavy atom. The van der Waals surface area contributed by atoms with Gasteiger partial charge in [0.15, 0.2) is 0 Å². The second-order valence-corrected chi connectivity index (χ2v) is 6.49. The van der Waals surface area contributed by atoms with Crippen LogP contribution in [0.15, 0.2) is 48.5 Å². The first kappa shape index (κ1) is 15.6. The van der Waals surface area contributed by atoms with E-state index in [4.69, 9.17) is 4.74 Å². The number of hydrogen-bond donors (Lipinski definition) is 1. The van der Waals surface area contributed by atoms with Gasteiger partial charge in [0.1, 0.15) is 12.4 Å². The molecule has 2 aromatic rings. The maximum atomic E-state index is 5.99. The fraction of sp³-hybridized carbons (Fsp3) is 0.368. The topological polar surface area (TPSA) is 21.3 Å². The summed E-state index contributed by atoms with van der Waals surface area (Å²) in [6.45, 7) is 10.0. The van der Waals surface area contributed by atoms with Gasteiger partial charge in [0.2, 0.25) is 0 Å². The van der Waals surface area contributed by atoms with E-state index in [0.29, 0.717) is 6.61 Å². The van der Waals surface area contributed by atoms with Gasteiger partial charge in [0.25, 0.3) is 0 Å². The van der Waals surface area contributed by atoms with Gasteiger partial charge < -0.3 is 10.1 Å². The van der Waals surface area contributed by atoms with E-state index in [1.807, 2.05) is 12.1 Å². The van der Waals surface area contributed by atoms with Crippen LogP contribution >= 0.6 is 0 Å². The first-order valence-electron chi connectivity index (χ1n) is 7.45. The molecule has 0 aliphatic rings. The minimum Gasteiger partial charge on any atom is -0.489 e. The number of aryl methyl sites for hydroxylation is 1. The van der Waals surface area contributed by atoms with Crippen LogP contribution in [-0.2, 0) is 13.2 Å². The molecule has 0 aromatic heterocycles. The lowest BCUT2D eigenvalue weighted by Crippen LogP contribution is -2.35. The summed E-state index contributed by atoms with van der Waals surface area (Å²) in [5.74, 6) is 0.954. The van der Waals surface area contributed by atoms with Crippen LogP contribution in [0.25, 0.3) is 0 Å². The van der Waals surface area contributed by atoms with Crippen LogP contribution in [0.5, 0.6) is 5.75 Å². The van der Waals surface area contributed by atoms with Crippen LogP contribution in [0.1, 0.15) is 37.5 Å². The molecule has 0 saturated carbocycles. The predicted molar refractivity (Wildman–Crippen MR) is 88.5 cm³/mol. The first-order chi connectivity index (χ1) is 9.94. The number of ether oxygens (including phenoxy) is 1. The summed E-state index contributed by atoms with van der Waals surface area (Å²) in [5, 5.41) is 3.50. The van der Waals surface area contributed by atoms with Gasteiger partial charge in [0.05, 0.1) is 0 Å². The van der Waals surface area contributed by atoms with Crippen LogP contribution in [0, 0.1) is 6.92 Å². The van der Waals surface area contributed by atoms with Crippen molar-refractivity contribution >= 4 is 0 Å². The zero-order valence-electron chi connectivity index (χ0n) is 13.4. The highest BCUT2D eigenvalue weighted by Crippen LogP contribution is 2.20. The molecule has 21 heavy (non-hydrogen) atoms. The molecule has 0 atom stereocenters. The summed E-state index contributed by atoms with van der Waals surface area (Å²) in [5.41, 5.74) is 3.76. The second-order valence-electron chi connectivity index (χ2n) is 6.49. The van der Waals surface area contributed by atoms with Gasteiger partial charge in [-0.1, -0.05) is 48.0 Å². The Bertz CT molecular complexity index is 567. The fourth-order valence-corrected chi connectivity index (χ4v) is 2.00. The Kier molecular flexibility index (Phi) is 5.03. The SMILES string of the molecule is Cc1ccc(COc2ccccc2CNC(C)(C)C)cc1. The first-order valence-corrected chi connectivity index (χ1v) is 7.45. The monoisotopic (exact) mass is 283 g/mol. The molecule has 0 bridgehead atoms. The Balaban J connectivity index is 2.01. The van der Waals surface area contributed by atoms with E-state index in [-0.39, 0.29) is 5.54 Å². The van der Waals surface area contributed by atoms with Crippen molar-refractivity contribution in [2.45, 2.75) is 46.4 Å². The van der Waals surface area contributed by atoms with Crippen molar-refractivity contribution in [3.8, 4) is 5.75 Å². The minimum atomic E-state index is 0.101. The molecule has 2 heteroatoms. The highest BCUT2D eigenvalue weighted by atomic mass is 16.5. The molecule has 0 radical (unpaired) electrons. The highest BCUT2D eigenvalue weighted by Gasteiger charge is 2.10. The van der Waals surface area contributed by atoms with Gasteiger partial charge in [-0.05, 0) is 39.3 Å². The van der Waals surface area contributed by atoms with Gasteiger partial charge in [-0.2, -0.15) is 0 Å². The lowest BCUT2D eigenvalue weighted by molar-refractivity contribution is 0.300. The summed E-state index contributed by atoms with van der Waals surface area (Å²) in [6, 6.07) is 16.7. The number of rotatable bonds is 5. The quantitative estimate of drug-likeness (QED) is 0.874. The summed E-state index contributed by atoms with van der Waals surface area (Å²) >= 11 is 0. The third-order valence-electron chi connectivity index (χ3n) is 3.30. The molecule has 0 saturated heterocycles. The number of nitrogens with one attached hydrogen (secondary N) is 1. The van der Waals surface area contributed by atoms with Crippen molar-refractivity contribution in [1.82, 2.24) is 5.32 Å². The van der Waals surface area contributed by atoms with Crippen LogP contribution in [0.4, 0.5) is 0 Å². The van der Waals surface area contributed by atoms with E-state index >= 15 is 0 Å². The molecule has 0 unspecified atom stereocenters. The average Bonchev–Trinajstić information content (AvgIpc) is 2.44. The summed E-state index contributed by atoms with van der Waals surface area (Å²) in [7, 11) is 0. The van der Waals surface area contributed by atoms with Gasteiger partial charge in [-0.15, -0.1) is 0 Å². The van der Waals surface area contributed by atoms with Crippen molar-refractivity contribution in [2.24, 2.45) is 0 Å². The molecule has 0 aliphatic heterocycles. The highest BCUT2D eigenvalue weighted by molar-refractivity contribution is 5.33. The summed E-state index contributed by atoms with van der Waals surface area (Å²) in [6.07, 6.45) is 0. The minimum absolute atomic E-state index is 0.101. The number of para-hydroxylation sites is 1. The van der Waals surface area contributed by atoms with Crippen molar-refractivity contribution in [1.29, 1.82) is 0 Å². The Hall–Kier alpha value is -1.80. The molecule has 0 heterocycles. The van der Waals surface area contributed by atoms with Crippen molar-refractivity contribution < 1.29 is 4.74 Å². The Labute approximate surface area is 128 Å². The standard InChI is InChI=1S/C19H25NO/c1-15-9-11-16(12-10-15)14-21-18-8-6-5-7-17(18)13-20-19(2,3)4/h5-12,20H,13-14H2,1-4H3. The Morgan fingerprint density at radius 1 is 0.952 bits per heavy atom. The second kappa shape index (κ2) is 6.77. The molecule has 0 spiro atoms. The van der Waals surface area contributed by atoms with E-state index in [9.17, 15) is 0 Å². The molecular formula is C19H25NO. The molecule has 0 fully saturated rings. The van der Waals surface area contributed by atoms with Gasteiger partial charge in [-0.3, -0.25) is 0 Å². The summed E-state index contributed by atoms with van der Waals surface area (Å²) in [4.78, 5) is 0. The van der Waals surface area contributed by atoms with Gasteiger partial charge in [0, 0.05) is 17.6 Å². The lowest BCUT2D eigenvalue weighted by Gasteiger charge is -2.21. The zero-order chi connectivity index (χ0) is 15.3. The van der Waals surface area contributed by atoms with Crippen LogP contribution in [0.3, 0.4) is 0 Å². The lowest BCUT2D eigenvalue weighted by atomic mass is 10.1. The average molecular weight is 283 g/mol. The largest absolute Gasteiger partial charge is 0.489 e. The van der Waals surface area contributed by atoms with E-state index in [1.54, 1.807) is 0 Å². The number of benzene rings is 2. The molecule has 2 rings (SSSR count). The third-order valence-corrected chi connectivity index (χ3v) is 3.30. The van der Waals surface area contributed by atoms with Crippen LogP contribution in [-0.4, -0.2) is 5.54 Å². The van der Waals surface area contributed by atoms with Crippen molar-refractivity contribution in [3.05, 3.63) is 65.2 Å². The van der Waals surface area contributed by atoms with Gasteiger partial charge in [-0.25, -0.2) is 0 Å². The van der Waals surface area contributed by atoms with Gasteiger partial charge >= 0.3 is 0 Å². The molecule has 2 nitrogen and oxygen atoms in total. The van der Waals surface area contributed by atoms with E-state index in [0.717, 1.165) is 12.3 Å². The normalized spacial score (nSPS) is 11.4. The molecular weight excluding hydrogens is 258 g/mol. The smallest absolute Gasteiger partial charge is 0.124 e. The molecule has 112 valence electrons. The summed E-state index contributed by atoms with van der Waals surface area (Å²) < 4.78 is 5.99. The zero-order valence-corrected chi connectivity index (χ0v) is 13.4. The Morgan fingerprint density at radius 2 is 1.62 bits per heavy atom. The van der Waals surface area contributed by atoms with E-state index < -0.39 is 0 Å². The van der Waals surface area contributed by atoms with Crippen molar-refractivity contribution in [2.75, 3.05) is 0 Å². The van der Waals surface area contributed by atoms with E-state index in [2.05, 4.69) is 69.4 Å². The molecule has 2 aromatic carbocycles. The van der Waals surface area contributed by atoms with Crippen LogP contribution < -0.4 is 10.1 Å². The maximum Gasteiger partial charge on any atom is 0.124 e. The maximum absolute atomic E-state index is 5.99. The predicted octanol–water partition coefficient (Wildman–Crippen LogP) is 4.46. The van der Waals surface area contributed by atoms with E-state index in [1.165, 1.54) is 16.7 Å².